The van der Waals surface area contributed by atoms with Gasteiger partial charge in [-0.2, -0.15) is 5.10 Å². The van der Waals surface area contributed by atoms with Crippen molar-refractivity contribution in [2.45, 2.75) is 13.5 Å². The molecule has 21 heavy (non-hydrogen) atoms. The van der Waals surface area contributed by atoms with E-state index < -0.39 is 4.92 Å². The zero-order valence-electron chi connectivity index (χ0n) is 11.4. The van der Waals surface area contributed by atoms with Gasteiger partial charge in [-0.05, 0) is 13.0 Å². The Morgan fingerprint density at radius 3 is 2.90 bits per heavy atom. The van der Waals surface area contributed by atoms with Gasteiger partial charge in [-0.25, -0.2) is 0 Å². The number of aromatic amines is 1. The average Bonchev–Trinajstić information content (AvgIpc) is 2.98. The lowest BCUT2D eigenvalue weighted by Crippen LogP contribution is -2.24. The molecule has 2 aromatic rings. The maximum absolute atomic E-state index is 12.2. The van der Waals surface area contributed by atoms with Crippen LogP contribution in [0.25, 0.3) is 0 Å². The molecular weight excluding hydrogens is 274 g/mol. The van der Waals surface area contributed by atoms with E-state index in [4.69, 9.17) is 0 Å². The van der Waals surface area contributed by atoms with Gasteiger partial charge in [-0.15, -0.1) is 0 Å². The molecule has 1 aromatic carbocycles. The van der Waals surface area contributed by atoms with Crippen molar-refractivity contribution in [3.05, 3.63) is 51.8 Å². The summed E-state index contributed by atoms with van der Waals surface area (Å²) in [5, 5.41) is 23.0. The lowest BCUT2D eigenvalue weighted by atomic mass is 10.1. The zero-order valence-corrected chi connectivity index (χ0v) is 11.4. The second-order valence-electron chi connectivity index (χ2n) is 4.28. The Kier molecular flexibility index (Phi) is 4.50. The predicted octanol–water partition coefficient (Wildman–Crippen LogP) is 1.68. The molecule has 0 aliphatic carbocycles. The number of H-pyrrole nitrogens is 1. The Morgan fingerprint density at radius 2 is 2.29 bits per heavy atom. The van der Waals surface area contributed by atoms with E-state index in [9.17, 15) is 14.9 Å². The summed E-state index contributed by atoms with van der Waals surface area (Å²) in [5.74, 6) is -0.379. The van der Waals surface area contributed by atoms with E-state index in [-0.39, 0.29) is 22.8 Å². The normalized spacial score (nSPS) is 10.1. The van der Waals surface area contributed by atoms with Crippen molar-refractivity contribution in [3.63, 3.8) is 0 Å². The number of rotatable bonds is 6. The van der Waals surface area contributed by atoms with Gasteiger partial charge in [-0.3, -0.25) is 20.0 Å². The number of para-hydroxylation sites is 1. The first kappa shape index (κ1) is 14.5. The SMILES string of the molecule is CCNc1c(C(=O)NCc2cn[nH]c2)cccc1[N+](=O)[O-]. The first-order valence-corrected chi connectivity index (χ1v) is 6.40. The van der Waals surface area contributed by atoms with Crippen LogP contribution in [0.2, 0.25) is 0 Å². The van der Waals surface area contributed by atoms with Crippen molar-refractivity contribution in [1.82, 2.24) is 15.5 Å². The minimum atomic E-state index is -0.509. The predicted molar refractivity (Wildman–Crippen MR) is 77.0 cm³/mol. The van der Waals surface area contributed by atoms with Gasteiger partial charge in [0.1, 0.15) is 5.69 Å². The summed E-state index contributed by atoms with van der Waals surface area (Å²) in [5.41, 5.74) is 1.18. The number of carbonyl (C=O) groups is 1. The molecule has 0 unspecified atom stereocenters. The highest BCUT2D eigenvalue weighted by atomic mass is 16.6. The van der Waals surface area contributed by atoms with Crippen molar-refractivity contribution >= 4 is 17.3 Å². The molecule has 1 heterocycles. The zero-order chi connectivity index (χ0) is 15.2. The van der Waals surface area contributed by atoms with E-state index in [1.165, 1.54) is 12.1 Å². The molecule has 0 fully saturated rings. The molecule has 0 atom stereocenters. The highest BCUT2D eigenvalue weighted by Crippen LogP contribution is 2.28. The Hall–Kier alpha value is -2.90. The van der Waals surface area contributed by atoms with Crippen molar-refractivity contribution < 1.29 is 9.72 Å². The number of amides is 1. The fourth-order valence-electron chi connectivity index (χ4n) is 1.90. The first-order valence-electron chi connectivity index (χ1n) is 6.40. The van der Waals surface area contributed by atoms with Gasteiger partial charge in [0.25, 0.3) is 11.6 Å². The van der Waals surface area contributed by atoms with Crippen molar-refractivity contribution in [2.75, 3.05) is 11.9 Å². The molecule has 0 aliphatic rings. The van der Waals surface area contributed by atoms with E-state index in [0.717, 1.165) is 5.56 Å². The van der Waals surface area contributed by atoms with Gasteiger partial charge in [-0.1, -0.05) is 6.07 Å². The summed E-state index contributed by atoms with van der Waals surface area (Å²) in [6.45, 7) is 2.58. The Bertz CT molecular complexity index is 639. The van der Waals surface area contributed by atoms with Gasteiger partial charge >= 0.3 is 0 Å². The lowest BCUT2D eigenvalue weighted by Gasteiger charge is -2.11. The Labute approximate surface area is 120 Å². The topological polar surface area (TPSA) is 113 Å². The van der Waals surface area contributed by atoms with Crippen LogP contribution in [-0.4, -0.2) is 27.6 Å². The fraction of sp³-hybridized carbons (Fsp3) is 0.231. The molecule has 1 amide bonds. The van der Waals surface area contributed by atoms with Gasteiger partial charge in [0.05, 0.1) is 16.7 Å². The molecule has 0 bridgehead atoms. The number of nitrogens with zero attached hydrogens (tertiary/aromatic N) is 2. The molecule has 0 spiro atoms. The lowest BCUT2D eigenvalue weighted by molar-refractivity contribution is -0.384. The molecule has 8 nitrogen and oxygen atoms in total. The molecule has 1 aromatic heterocycles. The fourth-order valence-corrected chi connectivity index (χ4v) is 1.90. The van der Waals surface area contributed by atoms with Crippen molar-refractivity contribution in [2.24, 2.45) is 0 Å². The summed E-state index contributed by atoms with van der Waals surface area (Å²) in [6.07, 6.45) is 3.26. The monoisotopic (exact) mass is 289 g/mol. The minimum Gasteiger partial charge on any atom is -0.379 e. The number of hydrogen-bond donors (Lipinski definition) is 3. The molecule has 2 rings (SSSR count). The third-order valence-electron chi connectivity index (χ3n) is 2.85. The maximum Gasteiger partial charge on any atom is 0.293 e. The van der Waals surface area contributed by atoms with E-state index >= 15 is 0 Å². The third-order valence-corrected chi connectivity index (χ3v) is 2.85. The summed E-state index contributed by atoms with van der Waals surface area (Å²) in [7, 11) is 0. The number of aromatic nitrogens is 2. The quantitative estimate of drug-likeness (QED) is 0.553. The van der Waals surface area contributed by atoms with Crippen molar-refractivity contribution in [1.29, 1.82) is 0 Å². The van der Waals surface area contributed by atoms with Gasteiger partial charge < -0.3 is 10.6 Å². The highest BCUT2D eigenvalue weighted by molar-refractivity contribution is 6.01. The third kappa shape index (κ3) is 3.35. The van der Waals surface area contributed by atoms with E-state index in [1.807, 2.05) is 6.92 Å². The van der Waals surface area contributed by atoms with Crippen LogP contribution in [0.15, 0.2) is 30.6 Å². The van der Waals surface area contributed by atoms with Gasteiger partial charge in [0.15, 0.2) is 0 Å². The Balaban J connectivity index is 2.23. The smallest absolute Gasteiger partial charge is 0.293 e. The van der Waals surface area contributed by atoms with Crippen LogP contribution in [0.3, 0.4) is 0 Å². The van der Waals surface area contributed by atoms with Gasteiger partial charge in [0, 0.05) is 30.9 Å². The maximum atomic E-state index is 12.2. The minimum absolute atomic E-state index is 0.118. The molecular formula is C13H15N5O3. The van der Waals surface area contributed by atoms with E-state index in [1.54, 1.807) is 18.5 Å². The summed E-state index contributed by atoms with van der Waals surface area (Å²) in [4.78, 5) is 22.7. The molecule has 0 aliphatic heterocycles. The van der Waals surface area contributed by atoms with Crippen LogP contribution < -0.4 is 10.6 Å². The number of hydrogen-bond acceptors (Lipinski definition) is 5. The molecule has 110 valence electrons. The van der Waals surface area contributed by atoms with Gasteiger partial charge in [0.2, 0.25) is 0 Å². The second kappa shape index (κ2) is 6.51. The van der Waals surface area contributed by atoms with Crippen LogP contribution in [0.4, 0.5) is 11.4 Å². The van der Waals surface area contributed by atoms with Crippen LogP contribution >= 0.6 is 0 Å². The van der Waals surface area contributed by atoms with E-state index in [0.29, 0.717) is 13.1 Å². The standard InChI is InChI=1S/C13H15N5O3/c1-2-14-12-10(4-3-5-11(12)18(20)21)13(19)15-6-9-7-16-17-8-9/h3-5,7-8,14H,2,6H2,1H3,(H,15,19)(H,16,17). The molecule has 0 saturated carbocycles. The molecule has 8 heteroatoms. The van der Waals surface area contributed by atoms with Crippen molar-refractivity contribution in [3.8, 4) is 0 Å². The summed E-state index contributed by atoms with van der Waals surface area (Å²) >= 11 is 0. The largest absolute Gasteiger partial charge is 0.379 e. The van der Waals surface area contributed by atoms with Crippen LogP contribution in [0.5, 0.6) is 0 Å². The number of carbonyl (C=O) groups excluding carboxylic acids is 1. The number of anilines is 1. The van der Waals surface area contributed by atoms with Crippen LogP contribution in [0, 0.1) is 10.1 Å². The van der Waals surface area contributed by atoms with E-state index in [2.05, 4.69) is 20.8 Å². The molecule has 3 N–H and O–H groups in total. The molecule has 0 radical (unpaired) electrons. The number of benzene rings is 1. The highest BCUT2D eigenvalue weighted by Gasteiger charge is 2.20. The number of nitro benzene ring substituents is 1. The first-order chi connectivity index (χ1) is 10.1. The van der Waals surface area contributed by atoms with Crippen LogP contribution in [0.1, 0.15) is 22.8 Å². The number of nitro groups is 1. The van der Waals surface area contributed by atoms with Crippen LogP contribution in [-0.2, 0) is 6.54 Å². The summed E-state index contributed by atoms with van der Waals surface area (Å²) < 4.78 is 0. The molecule has 0 saturated heterocycles. The average molecular weight is 289 g/mol. The summed E-state index contributed by atoms with van der Waals surface area (Å²) in [6, 6.07) is 4.41. The number of nitrogens with one attached hydrogen (secondary N) is 3. The second-order valence-corrected chi connectivity index (χ2v) is 4.28. The Morgan fingerprint density at radius 1 is 1.48 bits per heavy atom.